The number of fused-ring (bicyclic) bond motifs is 7. The Hall–Kier alpha value is -1.87. The van der Waals surface area contributed by atoms with Gasteiger partial charge in [0.05, 0.1) is 6.10 Å². The number of esters is 1. The van der Waals surface area contributed by atoms with Gasteiger partial charge in [-0.1, -0.05) is 84.0 Å². The van der Waals surface area contributed by atoms with E-state index in [2.05, 4.69) is 55.0 Å². The molecule has 3 heteroatoms. The molecule has 1 aromatic carbocycles. The van der Waals surface area contributed by atoms with Gasteiger partial charge in [0.25, 0.3) is 0 Å². The number of carbonyl (C=O) groups is 1. The smallest absolute Gasteiger partial charge is 0.331 e. The van der Waals surface area contributed by atoms with E-state index in [0.717, 1.165) is 23.8 Å². The van der Waals surface area contributed by atoms with Crippen LogP contribution in [0.5, 0.6) is 0 Å². The molecule has 0 amide bonds. The lowest BCUT2D eigenvalue weighted by molar-refractivity contribution is -0.276. The van der Waals surface area contributed by atoms with Crippen LogP contribution in [0, 0.1) is 56.7 Å². The zero-order chi connectivity index (χ0) is 30.3. The predicted octanol–water partition coefficient (Wildman–Crippen LogP) is 9.26. The molecule has 5 fully saturated rings. The normalized spacial score (nSPS) is 47.6. The van der Waals surface area contributed by atoms with Crippen LogP contribution in [0.3, 0.4) is 0 Å². The van der Waals surface area contributed by atoms with Gasteiger partial charge in [-0.15, -0.1) is 0 Å². The second-order valence-electron chi connectivity index (χ2n) is 16.9. The topological polar surface area (TPSA) is 46.5 Å². The molecule has 0 heterocycles. The molecular weight excluding hydrogens is 516 g/mol. The first-order valence-electron chi connectivity index (χ1n) is 17.0. The van der Waals surface area contributed by atoms with Crippen molar-refractivity contribution in [2.24, 2.45) is 56.7 Å². The maximum Gasteiger partial charge on any atom is 0.331 e. The third kappa shape index (κ3) is 4.18. The molecule has 11 atom stereocenters. The van der Waals surface area contributed by atoms with Crippen LogP contribution in [-0.2, 0) is 9.53 Å². The van der Waals surface area contributed by atoms with Crippen LogP contribution >= 0.6 is 0 Å². The van der Waals surface area contributed by atoms with Crippen molar-refractivity contribution in [2.75, 3.05) is 0 Å². The second kappa shape index (κ2) is 10.1. The minimum absolute atomic E-state index is 0.174. The van der Waals surface area contributed by atoms with Crippen molar-refractivity contribution in [1.82, 2.24) is 0 Å². The Morgan fingerprint density at radius 3 is 2.31 bits per heavy atom. The van der Waals surface area contributed by atoms with Gasteiger partial charge in [0.2, 0.25) is 0 Å². The number of ether oxygens (including phenoxy) is 1. The summed E-state index contributed by atoms with van der Waals surface area (Å²) < 4.78 is 6.45. The number of aliphatic hydroxyl groups is 1. The third-order valence-corrected chi connectivity index (χ3v) is 15.0. The Kier molecular flexibility index (Phi) is 7.24. The number of benzene rings is 1. The monoisotopic (exact) mass is 572 g/mol. The standard InChI is InChI=1S/C39H56O3/c1-25(2)27-18-20-36(5)22-23-37(6)28(34(27)36)15-16-30-38(37,7)21-19-29-35(3,4)31(40)24-32(39(29,30)8)42-33(41)17-14-26-12-10-9-11-13-26/h9-14,17,27-32,34,40H,1,15-16,18-24H2,2-8H3/b17-14+/t27-,28+,29+,30+,31-,32?,34+,36+,37+,38+,39-/m0/s1. The van der Waals surface area contributed by atoms with Crippen molar-refractivity contribution in [3.8, 4) is 0 Å². The van der Waals surface area contributed by atoms with Crippen LogP contribution in [0.15, 0.2) is 48.6 Å². The Balaban J connectivity index is 1.35. The maximum absolute atomic E-state index is 13.4. The average molecular weight is 573 g/mol. The van der Waals surface area contributed by atoms with Gasteiger partial charge >= 0.3 is 5.97 Å². The van der Waals surface area contributed by atoms with Gasteiger partial charge in [0.15, 0.2) is 0 Å². The highest BCUT2D eigenvalue weighted by Gasteiger charge is 2.72. The SMILES string of the molecule is C=C(C)[C@@H]1CC[C@]2(C)CC[C@]3(C)[C@H](CC[C@H]4[C@@]5(C)C(OC(=O)/C=C/c6ccccc6)C[C@H](O)C(C)(C)[C@H]5CC[C@]43C)[C@@H]12. The molecule has 5 saturated carbocycles. The third-order valence-electron chi connectivity index (χ3n) is 15.0. The molecule has 1 aromatic rings. The number of rotatable bonds is 4. The Morgan fingerprint density at radius 1 is 0.905 bits per heavy atom. The summed E-state index contributed by atoms with van der Waals surface area (Å²) in [6.07, 6.45) is 13.2. The van der Waals surface area contributed by atoms with Crippen molar-refractivity contribution in [3.63, 3.8) is 0 Å². The molecule has 3 nitrogen and oxygen atoms in total. The minimum Gasteiger partial charge on any atom is -0.459 e. The van der Waals surface area contributed by atoms with Crippen LogP contribution < -0.4 is 0 Å². The fraction of sp³-hybridized carbons (Fsp3) is 0.718. The molecule has 1 N–H and O–H groups in total. The molecule has 0 bridgehead atoms. The van der Waals surface area contributed by atoms with Gasteiger partial charge in [-0.2, -0.15) is 0 Å². The Labute approximate surface area is 255 Å². The number of aliphatic hydroxyl groups excluding tert-OH is 1. The van der Waals surface area contributed by atoms with Crippen molar-refractivity contribution in [1.29, 1.82) is 0 Å². The summed E-state index contributed by atoms with van der Waals surface area (Å²) in [5.74, 6) is 2.59. The van der Waals surface area contributed by atoms with Crippen LogP contribution in [0.25, 0.3) is 6.08 Å². The van der Waals surface area contributed by atoms with Gasteiger partial charge in [-0.05, 0) is 121 Å². The number of allylic oxidation sites excluding steroid dienone is 1. The van der Waals surface area contributed by atoms with Gasteiger partial charge in [0, 0.05) is 17.9 Å². The maximum atomic E-state index is 13.4. The molecule has 0 spiro atoms. The van der Waals surface area contributed by atoms with E-state index in [1.165, 1.54) is 50.5 Å². The molecule has 5 aliphatic rings. The molecule has 0 aliphatic heterocycles. The summed E-state index contributed by atoms with van der Waals surface area (Å²) in [5.41, 5.74) is 2.88. The average Bonchev–Trinajstić information content (AvgIpc) is 3.29. The first kappa shape index (κ1) is 30.2. The molecule has 0 aromatic heterocycles. The summed E-state index contributed by atoms with van der Waals surface area (Å²) >= 11 is 0. The first-order valence-corrected chi connectivity index (χ1v) is 17.0. The number of hydrogen-bond acceptors (Lipinski definition) is 3. The fourth-order valence-electron chi connectivity index (χ4n) is 12.5. The largest absolute Gasteiger partial charge is 0.459 e. The molecule has 0 saturated heterocycles. The molecular formula is C39H56O3. The molecule has 42 heavy (non-hydrogen) atoms. The predicted molar refractivity (Wildman–Crippen MR) is 171 cm³/mol. The van der Waals surface area contributed by atoms with Crippen molar-refractivity contribution < 1.29 is 14.6 Å². The van der Waals surface area contributed by atoms with Crippen molar-refractivity contribution >= 4 is 12.0 Å². The summed E-state index contributed by atoms with van der Waals surface area (Å²) in [7, 11) is 0. The van der Waals surface area contributed by atoms with Gasteiger partial charge < -0.3 is 9.84 Å². The summed E-state index contributed by atoms with van der Waals surface area (Å²) in [6.45, 7) is 21.7. The lowest BCUT2D eigenvalue weighted by Crippen LogP contribution is -2.70. The molecule has 5 aliphatic carbocycles. The molecule has 6 rings (SSSR count). The first-order chi connectivity index (χ1) is 19.7. The number of carbonyl (C=O) groups excluding carboxylic acids is 1. The van der Waals surface area contributed by atoms with Gasteiger partial charge in [-0.3, -0.25) is 0 Å². The summed E-state index contributed by atoms with van der Waals surface area (Å²) in [5, 5.41) is 11.5. The lowest BCUT2D eigenvalue weighted by atomic mass is 9.32. The van der Waals surface area contributed by atoms with Crippen molar-refractivity contribution in [2.45, 2.75) is 118 Å². The van der Waals surface area contributed by atoms with E-state index in [1.807, 2.05) is 36.4 Å². The summed E-state index contributed by atoms with van der Waals surface area (Å²) in [6, 6.07) is 9.94. The van der Waals surface area contributed by atoms with Crippen LogP contribution in [-0.4, -0.2) is 23.3 Å². The summed E-state index contributed by atoms with van der Waals surface area (Å²) in [4.78, 5) is 13.4. The van der Waals surface area contributed by atoms with E-state index in [4.69, 9.17) is 4.74 Å². The Morgan fingerprint density at radius 2 is 1.62 bits per heavy atom. The van der Waals surface area contributed by atoms with E-state index in [9.17, 15) is 9.90 Å². The second-order valence-corrected chi connectivity index (χ2v) is 16.9. The highest BCUT2D eigenvalue weighted by molar-refractivity contribution is 5.87. The zero-order valence-electron chi connectivity index (χ0n) is 27.4. The minimum atomic E-state index is -0.479. The highest BCUT2D eigenvalue weighted by atomic mass is 16.5. The molecule has 230 valence electrons. The van der Waals surface area contributed by atoms with E-state index in [0.29, 0.717) is 29.6 Å². The van der Waals surface area contributed by atoms with Gasteiger partial charge in [-0.25, -0.2) is 4.79 Å². The van der Waals surface area contributed by atoms with E-state index >= 15 is 0 Å². The highest BCUT2D eigenvalue weighted by Crippen LogP contribution is 2.77. The quantitative estimate of drug-likeness (QED) is 0.222. The lowest BCUT2D eigenvalue weighted by Gasteiger charge is -2.73. The van der Waals surface area contributed by atoms with E-state index in [1.54, 1.807) is 6.08 Å². The van der Waals surface area contributed by atoms with Crippen LogP contribution in [0.1, 0.15) is 112 Å². The molecule has 1 unspecified atom stereocenters. The van der Waals surface area contributed by atoms with E-state index < -0.39 is 6.10 Å². The van der Waals surface area contributed by atoms with Crippen molar-refractivity contribution in [3.05, 3.63) is 54.1 Å². The van der Waals surface area contributed by atoms with Crippen LogP contribution in [0.2, 0.25) is 0 Å². The zero-order valence-corrected chi connectivity index (χ0v) is 27.4. The Bertz CT molecular complexity index is 1250. The molecule has 0 radical (unpaired) electrons. The van der Waals surface area contributed by atoms with Gasteiger partial charge in [0.1, 0.15) is 6.10 Å². The van der Waals surface area contributed by atoms with Crippen LogP contribution in [0.4, 0.5) is 0 Å². The fourth-order valence-corrected chi connectivity index (χ4v) is 12.5. The van der Waals surface area contributed by atoms with E-state index in [-0.39, 0.29) is 33.7 Å². The number of hydrogen-bond donors (Lipinski definition) is 1.